The molecule has 0 radical (unpaired) electrons. The van der Waals surface area contributed by atoms with Crippen molar-refractivity contribution in [2.24, 2.45) is 11.7 Å². The van der Waals surface area contributed by atoms with Gasteiger partial charge in [0.05, 0.1) is 12.0 Å². The van der Waals surface area contributed by atoms with Gasteiger partial charge in [0.1, 0.15) is 0 Å². The first kappa shape index (κ1) is 10.9. The summed E-state index contributed by atoms with van der Waals surface area (Å²) < 4.78 is 5.49. The van der Waals surface area contributed by atoms with E-state index in [1.807, 2.05) is 0 Å². The van der Waals surface area contributed by atoms with Gasteiger partial charge in [0.15, 0.2) is 0 Å². The van der Waals surface area contributed by atoms with Gasteiger partial charge in [-0.25, -0.2) is 0 Å². The second kappa shape index (κ2) is 4.49. The van der Waals surface area contributed by atoms with Gasteiger partial charge < -0.3 is 15.8 Å². The van der Waals surface area contributed by atoms with E-state index >= 15 is 0 Å². The van der Waals surface area contributed by atoms with Crippen LogP contribution in [-0.2, 0) is 9.53 Å². The third-order valence-corrected chi connectivity index (χ3v) is 3.69. The van der Waals surface area contributed by atoms with Crippen molar-refractivity contribution in [3.05, 3.63) is 0 Å². The zero-order valence-corrected chi connectivity index (χ0v) is 9.24. The third-order valence-electron chi connectivity index (χ3n) is 3.69. The molecule has 2 aliphatic rings. The lowest BCUT2D eigenvalue weighted by atomic mass is 10.0. The van der Waals surface area contributed by atoms with E-state index in [4.69, 9.17) is 10.5 Å². The average Bonchev–Trinajstić information content (AvgIpc) is 2.77. The van der Waals surface area contributed by atoms with Gasteiger partial charge in [0, 0.05) is 18.7 Å². The van der Waals surface area contributed by atoms with Crippen LogP contribution in [0, 0.1) is 5.92 Å². The van der Waals surface area contributed by atoms with Gasteiger partial charge >= 0.3 is 0 Å². The zero-order chi connectivity index (χ0) is 10.8. The van der Waals surface area contributed by atoms with E-state index in [0.717, 1.165) is 32.3 Å². The molecular formula is C11H20N2O2. The van der Waals surface area contributed by atoms with Gasteiger partial charge in [0.25, 0.3) is 0 Å². The van der Waals surface area contributed by atoms with Crippen molar-refractivity contribution in [1.82, 2.24) is 5.32 Å². The van der Waals surface area contributed by atoms with Gasteiger partial charge in [-0.3, -0.25) is 4.79 Å². The largest absolute Gasteiger partial charge is 0.377 e. The van der Waals surface area contributed by atoms with Crippen molar-refractivity contribution < 1.29 is 9.53 Å². The lowest BCUT2D eigenvalue weighted by Crippen LogP contribution is -2.46. The molecule has 4 nitrogen and oxygen atoms in total. The fourth-order valence-electron chi connectivity index (χ4n) is 2.73. The Morgan fingerprint density at radius 1 is 1.33 bits per heavy atom. The van der Waals surface area contributed by atoms with E-state index in [0.29, 0.717) is 6.04 Å². The fraction of sp³-hybridized carbons (Fsp3) is 0.909. The van der Waals surface area contributed by atoms with Crippen LogP contribution in [0.2, 0.25) is 0 Å². The molecule has 0 aromatic rings. The highest BCUT2D eigenvalue weighted by Gasteiger charge is 2.35. The molecule has 0 bridgehead atoms. The third kappa shape index (κ3) is 2.32. The summed E-state index contributed by atoms with van der Waals surface area (Å²) in [5, 5.41) is 3.53. The molecule has 0 spiro atoms. The van der Waals surface area contributed by atoms with Crippen molar-refractivity contribution in [1.29, 1.82) is 0 Å². The minimum atomic E-state index is -0.156. The molecule has 1 amide bonds. The first-order valence-corrected chi connectivity index (χ1v) is 5.85. The molecule has 0 aromatic carbocycles. The fourth-order valence-corrected chi connectivity index (χ4v) is 2.73. The summed E-state index contributed by atoms with van der Waals surface area (Å²) in [6.07, 6.45) is 4.42. The molecule has 2 fully saturated rings. The Balaban J connectivity index is 1.90. The van der Waals surface area contributed by atoms with Crippen molar-refractivity contribution in [2.45, 2.75) is 50.8 Å². The number of ether oxygens (including phenoxy) is 1. The molecule has 86 valence electrons. The highest BCUT2D eigenvalue weighted by molar-refractivity contribution is 5.77. The summed E-state index contributed by atoms with van der Waals surface area (Å²) in [5.74, 6) is -0.130. The SMILES string of the molecule is CC1OCCC1NC1CCCC1C(N)=O. The average molecular weight is 212 g/mol. The van der Waals surface area contributed by atoms with E-state index in [-0.39, 0.29) is 24.0 Å². The number of amides is 1. The van der Waals surface area contributed by atoms with Crippen LogP contribution in [0.3, 0.4) is 0 Å². The topological polar surface area (TPSA) is 64.3 Å². The minimum Gasteiger partial charge on any atom is -0.377 e. The summed E-state index contributed by atoms with van der Waals surface area (Å²) in [5.41, 5.74) is 5.39. The number of nitrogens with two attached hydrogens (primary N) is 1. The molecule has 4 heteroatoms. The summed E-state index contributed by atoms with van der Waals surface area (Å²) in [6, 6.07) is 0.673. The summed E-state index contributed by atoms with van der Waals surface area (Å²) >= 11 is 0. The number of carbonyl (C=O) groups is 1. The first-order valence-electron chi connectivity index (χ1n) is 5.85. The summed E-state index contributed by atoms with van der Waals surface area (Å²) in [4.78, 5) is 11.2. The Bertz CT molecular complexity index is 245. The van der Waals surface area contributed by atoms with Crippen molar-refractivity contribution in [2.75, 3.05) is 6.61 Å². The molecule has 1 aliphatic heterocycles. The molecule has 1 heterocycles. The van der Waals surface area contributed by atoms with Gasteiger partial charge in [0.2, 0.25) is 5.91 Å². The monoisotopic (exact) mass is 212 g/mol. The van der Waals surface area contributed by atoms with Crippen LogP contribution in [0.1, 0.15) is 32.6 Å². The predicted molar refractivity (Wildman–Crippen MR) is 57.3 cm³/mol. The maximum Gasteiger partial charge on any atom is 0.222 e. The number of carbonyl (C=O) groups excluding carboxylic acids is 1. The maximum absolute atomic E-state index is 11.2. The Hall–Kier alpha value is -0.610. The minimum absolute atomic E-state index is 0.0257. The quantitative estimate of drug-likeness (QED) is 0.712. The van der Waals surface area contributed by atoms with E-state index in [9.17, 15) is 4.79 Å². The van der Waals surface area contributed by atoms with Crippen LogP contribution in [0.25, 0.3) is 0 Å². The molecular weight excluding hydrogens is 192 g/mol. The van der Waals surface area contributed by atoms with E-state index in [1.54, 1.807) is 0 Å². The van der Waals surface area contributed by atoms with Gasteiger partial charge in [-0.05, 0) is 26.2 Å². The number of hydrogen-bond acceptors (Lipinski definition) is 3. The normalized spacial score (nSPS) is 40.9. The Labute approximate surface area is 90.5 Å². The second-order valence-electron chi connectivity index (χ2n) is 4.68. The van der Waals surface area contributed by atoms with Crippen molar-refractivity contribution >= 4 is 5.91 Å². The molecule has 3 N–H and O–H groups in total. The van der Waals surface area contributed by atoms with Crippen molar-refractivity contribution in [3.63, 3.8) is 0 Å². The highest BCUT2D eigenvalue weighted by Crippen LogP contribution is 2.27. The van der Waals surface area contributed by atoms with Crippen LogP contribution in [-0.4, -0.2) is 30.7 Å². The lowest BCUT2D eigenvalue weighted by Gasteiger charge is -2.24. The lowest BCUT2D eigenvalue weighted by molar-refractivity contribution is -0.122. The first-order chi connectivity index (χ1) is 7.18. The Morgan fingerprint density at radius 3 is 2.73 bits per heavy atom. The van der Waals surface area contributed by atoms with E-state index in [2.05, 4.69) is 12.2 Å². The van der Waals surface area contributed by atoms with Crippen LogP contribution in [0.4, 0.5) is 0 Å². The van der Waals surface area contributed by atoms with Crippen LogP contribution < -0.4 is 11.1 Å². The smallest absolute Gasteiger partial charge is 0.222 e. The van der Waals surface area contributed by atoms with E-state index < -0.39 is 0 Å². The molecule has 4 unspecified atom stereocenters. The van der Waals surface area contributed by atoms with E-state index in [1.165, 1.54) is 0 Å². The van der Waals surface area contributed by atoms with Gasteiger partial charge in [-0.1, -0.05) is 6.42 Å². The van der Waals surface area contributed by atoms with Gasteiger partial charge in [-0.2, -0.15) is 0 Å². The molecule has 1 saturated carbocycles. The molecule has 4 atom stereocenters. The predicted octanol–water partition coefficient (Wildman–Crippen LogP) is 0.407. The molecule has 2 rings (SSSR count). The number of nitrogens with one attached hydrogen (secondary N) is 1. The second-order valence-corrected chi connectivity index (χ2v) is 4.68. The Morgan fingerprint density at radius 2 is 2.13 bits per heavy atom. The number of primary amides is 1. The number of hydrogen-bond donors (Lipinski definition) is 2. The van der Waals surface area contributed by atoms with Gasteiger partial charge in [-0.15, -0.1) is 0 Å². The maximum atomic E-state index is 11.2. The van der Waals surface area contributed by atoms with Crippen molar-refractivity contribution in [3.8, 4) is 0 Å². The summed E-state index contributed by atoms with van der Waals surface area (Å²) in [7, 11) is 0. The molecule has 1 saturated heterocycles. The Kier molecular flexibility index (Phi) is 3.26. The standard InChI is InChI=1S/C11H20N2O2/c1-7-9(5-6-15-7)13-10-4-2-3-8(10)11(12)14/h7-10,13H,2-6H2,1H3,(H2,12,14). The zero-order valence-electron chi connectivity index (χ0n) is 9.24. The number of rotatable bonds is 3. The van der Waals surface area contributed by atoms with Crippen LogP contribution in [0.5, 0.6) is 0 Å². The van der Waals surface area contributed by atoms with Crippen LogP contribution >= 0.6 is 0 Å². The molecule has 15 heavy (non-hydrogen) atoms. The molecule has 1 aliphatic carbocycles. The highest BCUT2D eigenvalue weighted by atomic mass is 16.5. The van der Waals surface area contributed by atoms with Crippen LogP contribution in [0.15, 0.2) is 0 Å². The molecule has 0 aromatic heterocycles. The summed E-state index contributed by atoms with van der Waals surface area (Å²) in [6.45, 7) is 2.91.